The minimum atomic E-state index is -0.406. The quantitative estimate of drug-likeness (QED) is 0.493. The first-order valence-corrected chi connectivity index (χ1v) is 8.70. The van der Waals surface area contributed by atoms with Crippen LogP contribution < -0.4 is 15.4 Å². The minimum Gasteiger partial charge on any atom is -0.496 e. The molecule has 0 fully saturated rings. The number of halogens is 2. The van der Waals surface area contributed by atoms with Crippen molar-refractivity contribution in [3.8, 4) is 5.75 Å². The van der Waals surface area contributed by atoms with Gasteiger partial charge in [-0.1, -0.05) is 29.3 Å². The summed E-state index contributed by atoms with van der Waals surface area (Å²) in [5.41, 5.74) is 2.42. The second-order valence-electron chi connectivity index (χ2n) is 5.55. The lowest BCUT2D eigenvalue weighted by molar-refractivity contribution is 0.262. The monoisotopic (exact) mass is 406 g/mol. The SMILES string of the molecule is C=NN(C)/C(=C(\C)Cl)c1cc(NC(=O)Nc2cccc(Cl)c2)ccc1OC. The zero-order valence-corrected chi connectivity index (χ0v) is 16.7. The maximum absolute atomic E-state index is 12.3. The number of hydrogen-bond donors (Lipinski definition) is 2. The average molecular weight is 407 g/mol. The van der Waals surface area contributed by atoms with E-state index < -0.39 is 6.03 Å². The Bertz CT molecular complexity index is 880. The van der Waals surface area contributed by atoms with Gasteiger partial charge < -0.3 is 15.4 Å². The van der Waals surface area contributed by atoms with Crippen LogP contribution in [0.2, 0.25) is 5.02 Å². The summed E-state index contributed by atoms with van der Waals surface area (Å²) in [4.78, 5) is 12.3. The Labute approximate surface area is 168 Å². The lowest BCUT2D eigenvalue weighted by Crippen LogP contribution is -2.19. The van der Waals surface area contributed by atoms with Crippen molar-refractivity contribution in [2.45, 2.75) is 6.92 Å². The van der Waals surface area contributed by atoms with Crippen LogP contribution in [0.3, 0.4) is 0 Å². The Morgan fingerprint density at radius 2 is 1.85 bits per heavy atom. The van der Waals surface area contributed by atoms with Crippen LogP contribution in [0, 0.1) is 0 Å². The van der Waals surface area contributed by atoms with E-state index in [4.69, 9.17) is 27.9 Å². The molecule has 0 unspecified atom stereocenters. The number of hydrogen-bond acceptors (Lipinski definition) is 4. The second kappa shape index (κ2) is 9.30. The smallest absolute Gasteiger partial charge is 0.323 e. The molecule has 0 radical (unpaired) electrons. The van der Waals surface area contributed by atoms with Crippen LogP contribution in [0.4, 0.5) is 16.2 Å². The summed E-state index contributed by atoms with van der Waals surface area (Å²) in [7, 11) is 3.28. The molecule has 0 atom stereocenters. The van der Waals surface area contributed by atoms with Gasteiger partial charge in [0.15, 0.2) is 0 Å². The number of nitrogens with one attached hydrogen (secondary N) is 2. The Balaban J connectivity index is 2.29. The van der Waals surface area contributed by atoms with E-state index in [1.165, 1.54) is 5.01 Å². The highest BCUT2D eigenvalue weighted by atomic mass is 35.5. The van der Waals surface area contributed by atoms with Crippen molar-refractivity contribution in [2.24, 2.45) is 5.10 Å². The maximum atomic E-state index is 12.3. The van der Waals surface area contributed by atoms with E-state index in [1.807, 2.05) is 0 Å². The second-order valence-corrected chi connectivity index (χ2v) is 6.56. The summed E-state index contributed by atoms with van der Waals surface area (Å²) in [6.07, 6.45) is 0. The zero-order valence-electron chi connectivity index (χ0n) is 15.2. The number of anilines is 2. The number of urea groups is 1. The first-order chi connectivity index (χ1) is 12.8. The Hall–Kier alpha value is -2.70. The Kier molecular flexibility index (Phi) is 7.10. The summed E-state index contributed by atoms with van der Waals surface area (Å²) >= 11 is 12.2. The highest BCUT2D eigenvalue weighted by molar-refractivity contribution is 6.32. The summed E-state index contributed by atoms with van der Waals surface area (Å²) in [6, 6.07) is 11.7. The van der Waals surface area contributed by atoms with Crippen LogP contribution >= 0.6 is 23.2 Å². The molecule has 0 aliphatic carbocycles. The van der Waals surface area contributed by atoms with Crippen LogP contribution in [-0.4, -0.2) is 31.9 Å². The topological polar surface area (TPSA) is 66.0 Å². The number of methoxy groups -OCH3 is 1. The molecule has 0 aliphatic rings. The fourth-order valence-electron chi connectivity index (χ4n) is 2.48. The lowest BCUT2D eigenvalue weighted by atomic mass is 10.1. The Morgan fingerprint density at radius 3 is 2.41 bits per heavy atom. The Morgan fingerprint density at radius 1 is 1.19 bits per heavy atom. The summed E-state index contributed by atoms with van der Waals surface area (Å²) < 4.78 is 5.42. The number of nitrogens with zero attached hydrogens (tertiary/aromatic N) is 2. The number of benzene rings is 2. The van der Waals surface area contributed by atoms with Gasteiger partial charge in [0.05, 0.1) is 12.8 Å². The van der Waals surface area contributed by atoms with Gasteiger partial charge in [-0.05, 0) is 43.3 Å². The van der Waals surface area contributed by atoms with Crippen molar-refractivity contribution < 1.29 is 9.53 Å². The number of rotatable bonds is 6. The third kappa shape index (κ3) is 5.39. The van der Waals surface area contributed by atoms with Crippen molar-refractivity contribution in [3.63, 3.8) is 0 Å². The van der Waals surface area contributed by atoms with Gasteiger partial charge in [-0.3, -0.25) is 5.01 Å². The molecule has 2 N–H and O–H groups in total. The van der Waals surface area contributed by atoms with Gasteiger partial charge in [-0.25, -0.2) is 4.79 Å². The predicted molar refractivity (Wildman–Crippen MR) is 113 cm³/mol. The third-order valence-corrected chi connectivity index (χ3v) is 4.07. The zero-order chi connectivity index (χ0) is 20.0. The number of amides is 2. The molecule has 8 heteroatoms. The van der Waals surface area contributed by atoms with Gasteiger partial charge in [0.2, 0.25) is 0 Å². The summed E-state index contributed by atoms with van der Waals surface area (Å²) in [6.45, 7) is 5.26. The van der Waals surface area contributed by atoms with Crippen molar-refractivity contribution in [1.29, 1.82) is 0 Å². The molecule has 6 nitrogen and oxygen atoms in total. The number of carbonyl (C=O) groups is 1. The molecule has 0 bridgehead atoms. The fourth-order valence-corrected chi connectivity index (χ4v) is 2.90. The highest BCUT2D eigenvalue weighted by Gasteiger charge is 2.16. The number of carbonyl (C=O) groups excluding carboxylic acids is 1. The molecular weight excluding hydrogens is 387 g/mol. The molecule has 2 aromatic carbocycles. The largest absolute Gasteiger partial charge is 0.496 e. The molecule has 2 rings (SSSR count). The van der Waals surface area contributed by atoms with Crippen LogP contribution in [0.15, 0.2) is 52.6 Å². The molecule has 0 saturated heterocycles. The van der Waals surface area contributed by atoms with Gasteiger partial charge in [-0.2, -0.15) is 5.10 Å². The van der Waals surface area contributed by atoms with Crippen LogP contribution in [-0.2, 0) is 0 Å². The minimum absolute atomic E-state index is 0.406. The predicted octanol–water partition coefficient (Wildman–Crippen LogP) is 5.47. The van der Waals surface area contributed by atoms with Gasteiger partial charge in [-0.15, -0.1) is 0 Å². The van der Waals surface area contributed by atoms with Gasteiger partial charge in [0.1, 0.15) is 5.75 Å². The van der Waals surface area contributed by atoms with E-state index in [9.17, 15) is 4.79 Å². The molecule has 0 heterocycles. The van der Waals surface area contributed by atoms with E-state index in [-0.39, 0.29) is 0 Å². The van der Waals surface area contributed by atoms with Crippen LogP contribution in [0.5, 0.6) is 5.75 Å². The number of hydrazone groups is 1. The van der Waals surface area contributed by atoms with Gasteiger partial charge in [0, 0.05) is 40.8 Å². The average Bonchev–Trinajstić information content (AvgIpc) is 2.61. The fraction of sp³-hybridized carbons (Fsp3) is 0.158. The lowest BCUT2D eigenvalue weighted by Gasteiger charge is -2.21. The molecule has 0 spiro atoms. The standard InChI is InChI=1S/C19H20Cl2N4O2/c1-12(20)18(25(3)22-2)16-11-15(8-9-17(16)27-4)24-19(26)23-14-7-5-6-13(21)10-14/h5-11H,2H2,1,3-4H3,(H2,23,24,26)/b18-12+. The third-order valence-electron chi connectivity index (χ3n) is 3.66. The van der Waals surface area contributed by atoms with E-state index >= 15 is 0 Å². The first kappa shape index (κ1) is 20.6. The number of ether oxygens (including phenoxy) is 1. The first-order valence-electron chi connectivity index (χ1n) is 7.94. The van der Waals surface area contributed by atoms with Crippen LogP contribution in [0.25, 0.3) is 5.70 Å². The van der Waals surface area contributed by atoms with Gasteiger partial charge >= 0.3 is 6.03 Å². The molecule has 0 aliphatic heterocycles. The van der Waals surface area contributed by atoms with Crippen molar-refractivity contribution >= 4 is 53.0 Å². The van der Waals surface area contributed by atoms with Crippen LogP contribution in [0.1, 0.15) is 12.5 Å². The van der Waals surface area contributed by atoms with E-state index in [2.05, 4.69) is 22.5 Å². The normalized spacial score (nSPS) is 11.3. The molecule has 0 aromatic heterocycles. The van der Waals surface area contributed by atoms with E-state index in [0.717, 1.165) is 0 Å². The van der Waals surface area contributed by atoms with Crippen molar-refractivity contribution in [2.75, 3.05) is 24.8 Å². The van der Waals surface area contributed by atoms with Crippen molar-refractivity contribution in [1.82, 2.24) is 5.01 Å². The maximum Gasteiger partial charge on any atom is 0.323 e. The molecular formula is C19H20Cl2N4O2. The summed E-state index contributed by atoms with van der Waals surface area (Å²) in [5, 5.41) is 12.0. The van der Waals surface area contributed by atoms with E-state index in [1.54, 1.807) is 63.5 Å². The molecule has 0 saturated carbocycles. The molecule has 142 valence electrons. The molecule has 2 amide bonds. The van der Waals surface area contributed by atoms with Gasteiger partial charge in [0.25, 0.3) is 0 Å². The van der Waals surface area contributed by atoms with E-state index in [0.29, 0.717) is 38.4 Å². The summed E-state index contributed by atoms with van der Waals surface area (Å²) in [5.74, 6) is 0.585. The molecule has 2 aromatic rings. The highest BCUT2D eigenvalue weighted by Crippen LogP contribution is 2.34. The molecule has 27 heavy (non-hydrogen) atoms. The van der Waals surface area contributed by atoms with Crippen molar-refractivity contribution in [3.05, 3.63) is 58.1 Å². The number of allylic oxidation sites excluding steroid dienone is 1.